The van der Waals surface area contributed by atoms with Crippen LogP contribution in [0.1, 0.15) is 24.5 Å². The first kappa shape index (κ1) is 14.3. The monoisotopic (exact) mass is 262 g/mol. The Hall–Kier alpha value is -1.73. The van der Waals surface area contributed by atoms with Crippen LogP contribution in [0.25, 0.3) is 0 Å². The highest BCUT2D eigenvalue weighted by molar-refractivity contribution is 8.13. The van der Waals surface area contributed by atoms with E-state index >= 15 is 0 Å². The number of carboxylic acid groups (broad SMARTS) is 1. The SMILES string of the molecule is CC(=O)SCC#Cc1cccc(CCC(=O)O)c1. The van der Waals surface area contributed by atoms with Crippen molar-refractivity contribution in [2.24, 2.45) is 0 Å². The smallest absolute Gasteiger partial charge is 0.303 e. The Morgan fingerprint density at radius 3 is 2.83 bits per heavy atom. The minimum Gasteiger partial charge on any atom is -0.481 e. The Labute approximate surface area is 111 Å². The summed E-state index contributed by atoms with van der Waals surface area (Å²) in [6, 6.07) is 7.50. The zero-order chi connectivity index (χ0) is 13.4. The molecule has 94 valence electrons. The maximum absolute atomic E-state index is 10.7. The van der Waals surface area contributed by atoms with E-state index < -0.39 is 5.97 Å². The van der Waals surface area contributed by atoms with Gasteiger partial charge in [-0.3, -0.25) is 9.59 Å². The summed E-state index contributed by atoms with van der Waals surface area (Å²) in [6.07, 6.45) is 0.629. The minimum atomic E-state index is -0.802. The molecule has 0 fully saturated rings. The second kappa shape index (κ2) is 7.57. The molecule has 0 atom stereocenters. The van der Waals surface area contributed by atoms with Gasteiger partial charge in [0, 0.05) is 18.9 Å². The first-order valence-electron chi connectivity index (χ1n) is 5.51. The molecule has 0 heterocycles. The molecular formula is C14H14O3S. The van der Waals surface area contributed by atoms with Crippen molar-refractivity contribution in [1.82, 2.24) is 0 Å². The first-order valence-corrected chi connectivity index (χ1v) is 6.49. The van der Waals surface area contributed by atoms with Crippen LogP contribution in [-0.2, 0) is 16.0 Å². The van der Waals surface area contributed by atoms with E-state index in [9.17, 15) is 9.59 Å². The molecule has 0 unspecified atom stereocenters. The Bertz CT molecular complexity index is 497. The lowest BCUT2D eigenvalue weighted by molar-refractivity contribution is -0.137. The Balaban J connectivity index is 2.58. The summed E-state index contributed by atoms with van der Waals surface area (Å²) in [5.74, 6) is 5.54. The number of benzene rings is 1. The zero-order valence-corrected chi connectivity index (χ0v) is 10.9. The highest BCUT2D eigenvalue weighted by Gasteiger charge is 1.99. The van der Waals surface area contributed by atoms with Gasteiger partial charge in [0.15, 0.2) is 5.12 Å². The maximum Gasteiger partial charge on any atom is 0.303 e. The summed E-state index contributed by atoms with van der Waals surface area (Å²) in [5, 5.41) is 8.66. The maximum atomic E-state index is 10.7. The molecule has 0 aromatic heterocycles. The molecule has 0 aliphatic heterocycles. The van der Waals surface area contributed by atoms with Crippen LogP contribution in [0, 0.1) is 11.8 Å². The first-order chi connectivity index (χ1) is 8.58. The quantitative estimate of drug-likeness (QED) is 0.846. The van der Waals surface area contributed by atoms with Crippen LogP contribution in [0.2, 0.25) is 0 Å². The van der Waals surface area contributed by atoms with E-state index in [4.69, 9.17) is 5.11 Å². The lowest BCUT2D eigenvalue weighted by atomic mass is 10.1. The van der Waals surface area contributed by atoms with E-state index in [1.54, 1.807) is 0 Å². The summed E-state index contributed by atoms with van der Waals surface area (Å²) in [5.41, 5.74) is 1.81. The van der Waals surface area contributed by atoms with Gasteiger partial charge >= 0.3 is 5.97 Å². The van der Waals surface area contributed by atoms with Gasteiger partial charge in [0.05, 0.1) is 5.75 Å². The number of rotatable bonds is 4. The van der Waals surface area contributed by atoms with Crippen molar-refractivity contribution < 1.29 is 14.7 Å². The Kier molecular flexibility index (Phi) is 6.03. The molecule has 0 saturated carbocycles. The molecule has 0 aliphatic carbocycles. The molecule has 0 bridgehead atoms. The number of carbonyl (C=O) groups excluding carboxylic acids is 1. The molecular weight excluding hydrogens is 248 g/mol. The van der Waals surface area contributed by atoms with Crippen LogP contribution in [0.4, 0.5) is 0 Å². The average Bonchev–Trinajstić information content (AvgIpc) is 2.32. The average molecular weight is 262 g/mol. The molecule has 0 amide bonds. The second-order valence-corrected chi connectivity index (χ2v) is 4.83. The molecule has 0 saturated heterocycles. The number of hydrogen-bond donors (Lipinski definition) is 1. The standard InChI is InChI=1S/C14H14O3S/c1-11(15)18-9-3-6-12-4-2-5-13(10-12)7-8-14(16)17/h2,4-5,10H,7-9H2,1H3,(H,16,17). The molecule has 1 aromatic carbocycles. The number of aliphatic carboxylic acids is 1. The van der Waals surface area contributed by atoms with Gasteiger partial charge in [0.1, 0.15) is 0 Å². The van der Waals surface area contributed by atoms with E-state index in [0.717, 1.165) is 11.1 Å². The molecule has 0 radical (unpaired) electrons. The number of hydrogen-bond acceptors (Lipinski definition) is 3. The summed E-state index contributed by atoms with van der Waals surface area (Å²) in [6.45, 7) is 1.51. The molecule has 1 aromatic rings. The van der Waals surface area contributed by atoms with E-state index in [-0.39, 0.29) is 11.5 Å². The minimum absolute atomic E-state index is 0.0551. The van der Waals surface area contributed by atoms with Crippen molar-refractivity contribution in [1.29, 1.82) is 0 Å². The number of carboxylic acids is 1. The van der Waals surface area contributed by atoms with Crippen LogP contribution in [0.15, 0.2) is 24.3 Å². The van der Waals surface area contributed by atoms with E-state index in [2.05, 4.69) is 11.8 Å². The van der Waals surface area contributed by atoms with Gasteiger partial charge in [0.25, 0.3) is 0 Å². The zero-order valence-electron chi connectivity index (χ0n) is 10.1. The van der Waals surface area contributed by atoms with Crippen molar-refractivity contribution in [3.05, 3.63) is 35.4 Å². The van der Waals surface area contributed by atoms with E-state index in [1.807, 2.05) is 24.3 Å². The fraction of sp³-hybridized carbons (Fsp3) is 0.286. The normalized spacial score (nSPS) is 9.39. The van der Waals surface area contributed by atoms with Gasteiger partial charge in [-0.05, 0) is 24.1 Å². The molecule has 1 N–H and O–H groups in total. The van der Waals surface area contributed by atoms with Gasteiger partial charge in [-0.1, -0.05) is 35.7 Å². The van der Waals surface area contributed by atoms with Crippen LogP contribution < -0.4 is 0 Å². The second-order valence-electron chi connectivity index (χ2n) is 3.68. The predicted octanol–water partition coefficient (Wildman–Crippen LogP) is 2.33. The molecule has 3 nitrogen and oxygen atoms in total. The van der Waals surface area contributed by atoms with Crippen molar-refractivity contribution >= 4 is 22.8 Å². The van der Waals surface area contributed by atoms with Crippen LogP contribution in [0.5, 0.6) is 0 Å². The van der Waals surface area contributed by atoms with E-state index in [0.29, 0.717) is 12.2 Å². The number of carbonyl (C=O) groups is 2. The van der Waals surface area contributed by atoms with Crippen molar-refractivity contribution in [3.8, 4) is 11.8 Å². The van der Waals surface area contributed by atoms with Gasteiger partial charge in [0.2, 0.25) is 0 Å². The highest BCUT2D eigenvalue weighted by atomic mass is 32.2. The molecule has 0 aliphatic rings. The van der Waals surface area contributed by atoms with Crippen LogP contribution in [-0.4, -0.2) is 21.9 Å². The lowest BCUT2D eigenvalue weighted by Crippen LogP contribution is -1.97. The van der Waals surface area contributed by atoms with Crippen molar-refractivity contribution in [2.45, 2.75) is 19.8 Å². The van der Waals surface area contributed by atoms with Gasteiger partial charge in [-0.15, -0.1) is 0 Å². The molecule has 0 spiro atoms. The summed E-state index contributed by atoms with van der Waals surface area (Å²) in [4.78, 5) is 21.2. The largest absolute Gasteiger partial charge is 0.481 e. The third-order valence-corrected chi connectivity index (χ3v) is 2.83. The summed E-state index contributed by atoms with van der Waals surface area (Å²) < 4.78 is 0. The van der Waals surface area contributed by atoms with Gasteiger partial charge in [-0.25, -0.2) is 0 Å². The van der Waals surface area contributed by atoms with Crippen LogP contribution >= 0.6 is 11.8 Å². The third kappa shape index (κ3) is 6.12. The molecule has 1 rings (SSSR count). The Morgan fingerprint density at radius 1 is 1.39 bits per heavy atom. The van der Waals surface area contributed by atoms with Crippen LogP contribution in [0.3, 0.4) is 0 Å². The van der Waals surface area contributed by atoms with Gasteiger partial charge in [-0.2, -0.15) is 0 Å². The lowest BCUT2D eigenvalue weighted by Gasteiger charge is -1.99. The fourth-order valence-corrected chi connectivity index (χ4v) is 1.68. The third-order valence-electron chi connectivity index (χ3n) is 2.13. The summed E-state index contributed by atoms with van der Waals surface area (Å²) >= 11 is 1.18. The number of thioether (sulfide) groups is 1. The molecule has 18 heavy (non-hydrogen) atoms. The number of aryl methyl sites for hydroxylation is 1. The topological polar surface area (TPSA) is 54.4 Å². The van der Waals surface area contributed by atoms with E-state index in [1.165, 1.54) is 18.7 Å². The van der Waals surface area contributed by atoms with Crippen molar-refractivity contribution in [3.63, 3.8) is 0 Å². The Morgan fingerprint density at radius 2 is 2.17 bits per heavy atom. The van der Waals surface area contributed by atoms with Gasteiger partial charge < -0.3 is 5.11 Å². The highest BCUT2D eigenvalue weighted by Crippen LogP contribution is 2.07. The fourth-order valence-electron chi connectivity index (χ4n) is 1.33. The predicted molar refractivity (Wildman–Crippen MR) is 72.4 cm³/mol. The van der Waals surface area contributed by atoms with Crippen molar-refractivity contribution in [2.75, 3.05) is 5.75 Å². The molecule has 4 heteroatoms. The summed E-state index contributed by atoms with van der Waals surface area (Å²) in [7, 11) is 0.